The monoisotopic (exact) mass is 487 g/mol. The van der Waals surface area contributed by atoms with Gasteiger partial charge in [0, 0.05) is 50.1 Å². The summed E-state index contributed by atoms with van der Waals surface area (Å²) in [5.41, 5.74) is 5.48. The smallest absolute Gasteiger partial charge is 0.341 e. The first-order valence-electron chi connectivity index (χ1n) is 12.7. The van der Waals surface area contributed by atoms with Crippen LogP contribution in [0.25, 0.3) is 0 Å². The van der Waals surface area contributed by atoms with Gasteiger partial charge in [0.25, 0.3) is 0 Å². The second-order valence-corrected chi connectivity index (χ2v) is 9.07. The van der Waals surface area contributed by atoms with Crippen LogP contribution in [0.1, 0.15) is 36.5 Å². The molecule has 0 unspecified atom stereocenters. The Morgan fingerprint density at radius 3 is 2.94 bits per heavy atom. The number of piperazine rings is 1. The van der Waals surface area contributed by atoms with Gasteiger partial charge in [0.1, 0.15) is 17.1 Å². The molecule has 0 radical (unpaired) electrons. The van der Waals surface area contributed by atoms with Gasteiger partial charge in [-0.2, -0.15) is 0 Å². The Labute approximate surface area is 212 Å². The maximum Gasteiger partial charge on any atom is 0.341 e. The predicted octanol–water partition coefficient (Wildman–Crippen LogP) is 4.69. The Morgan fingerprint density at radius 2 is 2.08 bits per heavy atom. The zero-order valence-electron chi connectivity index (χ0n) is 20.8. The Kier molecular flexibility index (Phi) is 7.67. The van der Waals surface area contributed by atoms with Gasteiger partial charge in [0.15, 0.2) is 0 Å². The first-order chi connectivity index (χ1) is 17.7. The molecule has 4 aliphatic rings. The van der Waals surface area contributed by atoms with Gasteiger partial charge in [-0.25, -0.2) is 9.78 Å². The number of fused-ring (bicyclic) bond motifs is 2. The molecule has 0 spiro atoms. The number of pyridine rings is 1. The molecule has 0 atom stereocenters. The van der Waals surface area contributed by atoms with Crippen LogP contribution in [0.3, 0.4) is 0 Å². The molecule has 2 aliphatic heterocycles. The summed E-state index contributed by atoms with van der Waals surface area (Å²) in [6, 6.07) is 3.58. The number of rotatable bonds is 6. The van der Waals surface area contributed by atoms with Gasteiger partial charge in [0.2, 0.25) is 6.79 Å². The summed E-state index contributed by atoms with van der Waals surface area (Å²) in [6.45, 7) is 6.93. The molecule has 7 heteroatoms. The SMILES string of the molecule is CCOC(=O)c1cccnc1N1CCN(CCC=C2CC=CC3=COCOC4=CC=CCC4=C32)CC1. The summed E-state index contributed by atoms with van der Waals surface area (Å²) >= 11 is 0. The molecule has 3 heterocycles. The van der Waals surface area contributed by atoms with Crippen LogP contribution in [0.15, 0.2) is 89.1 Å². The fraction of sp³-hybridized carbons (Fsp3) is 0.379. The van der Waals surface area contributed by atoms with Crippen molar-refractivity contribution in [3.05, 3.63) is 94.7 Å². The first kappa shape index (κ1) is 24.1. The number of carbonyl (C=O) groups is 1. The maximum absolute atomic E-state index is 12.4. The third kappa shape index (κ3) is 5.31. The Morgan fingerprint density at radius 1 is 1.19 bits per heavy atom. The normalized spacial score (nSPS) is 20.9. The maximum atomic E-state index is 12.4. The molecule has 1 aromatic heterocycles. The van der Waals surface area contributed by atoms with E-state index in [1.165, 1.54) is 16.7 Å². The molecule has 0 N–H and O–H groups in total. The van der Waals surface area contributed by atoms with E-state index in [4.69, 9.17) is 14.2 Å². The molecule has 0 aromatic carbocycles. The highest BCUT2D eigenvalue weighted by Crippen LogP contribution is 2.38. The van der Waals surface area contributed by atoms with Gasteiger partial charge < -0.3 is 19.1 Å². The van der Waals surface area contributed by atoms with E-state index in [1.807, 2.05) is 25.3 Å². The molecule has 7 nitrogen and oxygen atoms in total. The van der Waals surface area contributed by atoms with Crippen LogP contribution in [0.4, 0.5) is 5.82 Å². The molecule has 1 aromatic rings. The van der Waals surface area contributed by atoms with E-state index in [2.05, 4.69) is 39.1 Å². The topological polar surface area (TPSA) is 64.1 Å². The van der Waals surface area contributed by atoms with Crippen molar-refractivity contribution in [3.63, 3.8) is 0 Å². The van der Waals surface area contributed by atoms with Crippen molar-refractivity contribution in [2.75, 3.05) is 51.0 Å². The average Bonchev–Trinajstić information content (AvgIpc) is 2.91. The fourth-order valence-electron chi connectivity index (χ4n) is 5.08. The van der Waals surface area contributed by atoms with Gasteiger partial charge in [-0.15, -0.1) is 0 Å². The zero-order chi connectivity index (χ0) is 24.7. The van der Waals surface area contributed by atoms with E-state index in [9.17, 15) is 4.79 Å². The molecule has 188 valence electrons. The molecule has 0 amide bonds. The standard InChI is InChI=1S/C29H33N3O4/c1-2-35-29(33)25-12-6-14-30-28(25)32-18-16-31(17-19-32)15-7-10-22-8-5-9-23-20-34-21-36-26-13-4-3-11-24(26)27(22)23/h3-6,9-10,12-14,20H,2,7-8,11,15-19,21H2,1H3. The molecule has 5 rings (SSSR count). The lowest BCUT2D eigenvalue weighted by Crippen LogP contribution is -2.47. The summed E-state index contributed by atoms with van der Waals surface area (Å²) in [5.74, 6) is 1.32. The predicted molar refractivity (Wildman–Crippen MR) is 139 cm³/mol. The number of ether oxygens (including phenoxy) is 3. The summed E-state index contributed by atoms with van der Waals surface area (Å²) in [5, 5.41) is 0. The second kappa shape index (κ2) is 11.4. The lowest BCUT2D eigenvalue weighted by atomic mass is 9.84. The first-order valence-corrected chi connectivity index (χ1v) is 12.7. The van der Waals surface area contributed by atoms with Crippen molar-refractivity contribution in [2.24, 2.45) is 0 Å². The third-order valence-electron chi connectivity index (χ3n) is 6.83. The van der Waals surface area contributed by atoms with Crippen molar-refractivity contribution in [1.82, 2.24) is 9.88 Å². The lowest BCUT2D eigenvalue weighted by Gasteiger charge is -2.35. The van der Waals surface area contributed by atoms with Crippen molar-refractivity contribution >= 4 is 11.8 Å². The van der Waals surface area contributed by atoms with Crippen LogP contribution >= 0.6 is 0 Å². The quantitative estimate of drug-likeness (QED) is 0.540. The zero-order valence-corrected chi connectivity index (χ0v) is 20.8. The van der Waals surface area contributed by atoms with E-state index >= 15 is 0 Å². The van der Waals surface area contributed by atoms with Crippen molar-refractivity contribution in [1.29, 1.82) is 0 Å². The fourth-order valence-corrected chi connectivity index (χ4v) is 5.08. The largest absolute Gasteiger partial charge is 0.464 e. The van der Waals surface area contributed by atoms with Crippen molar-refractivity contribution in [3.8, 4) is 0 Å². The van der Waals surface area contributed by atoms with E-state index in [0.29, 0.717) is 12.2 Å². The van der Waals surface area contributed by atoms with Gasteiger partial charge in [-0.05, 0) is 55.5 Å². The molecule has 0 saturated carbocycles. The number of anilines is 1. The van der Waals surface area contributed by atoms with Crippen molar-refractivity contribution < 1.29 is 19.0 Å². The lowest BCUT2D eigenvalue weighted by molar-refractivity contribution is 0.0297. The number of carbonyl (C=O) groups excluding carboxylic acids is 1. The summed E-state index contributed by atoms with van der Waals surface area (Å²) in [6.07, 6.45) is 19.3. The minimum Gasteiger partial charge on any atom is -0.464 e. The Hall–Kier alpha value is -3.58. The van der Waals surface area contributed by atoms with Gasteiger partial charge >= 0.3 is 5.97 Å². The molecule has 1 fully saturated rings. The van der Waals surface area contributed by atoms with Crippen LogP contribution in [0, 0.1) is 0 Å². The Balaban J connectivity index is 1.23. The number of aromatic nitrogens is 1. The highest BCUT2D eigenvalue weighted by Gasteiger charge is 2.25. The van der Waals surface area contributed by atoms with E-state index in [0.717, 1.165) is 69.1 Å². The van der Waals surface area contributed by atoms with Crippen LogP contribution in [0.2, 0.25) is 0 Å². The molecular formula is C29H33N3O4. The van der Waals surface area contributed by atoms with Crippen molar-refractivity contribution in [2.45, 2.75) is 26.2 Å². The minimum absolute atomic E-state index is 0.235. The highest BCUT2D eigenvalue weighted by molar-refractivity contribution is 5.94. The molecular weight excluding hydrogens is 454 g/mol. The van der Waals surface area contributed by atoms with Crippen LogP contribution in [-0.2, 0) is 14.2 Å². The average molecular weight is 488 g/mol. The van der Waals surface area contributed by atoms with Crippen LogP contribution in [0.5, 0.6) is 0 Å². The van der Waals surface area contributed by atoms with Gasteiger partial charge in [0.05, 0.1) is 12.9 Å². The molecule has 2 aliphatic carbocycles. The van der Waals surface area contributed by atoms with E-state index in [-0.39, 0.29) is 12.8 Å². The third-order valence-corrected chi connectivity index (χ3v) is 6.83. The second-order valence-electron chi connectivity index (χ2n) is 9.07. The summed E-state index contributed by atoms with van der Waals surface area (Å²) in [7, 11) is 0. The Bertz CT molecular complexity index is 1170. The molecule has 0 bridgehead atoms. The van der Waals surface area contributed by atoms with Gasteiger partial charge in [-0.3, -0.25) is 4.90 Å². The van der Waals surface area contributed by atoms with E-state index < -0.39 is 0 Å². The molecule has 36 heavy (non-hydrogen) atoms. The number of hydrogen-bond donors (Lipinski definition) is 0. The van der Waals surface area contributed by atoms with Crippen LogP contribution < -0.4 is 4.90 Å². The number of esters is 1. The summed E-state index contributed by atoms with van der Waals surface area (Å²) < 4.78 is 16.7. The number of nitrogens with zero attached hydrogens (tertiary/aromatic N) is 3. The highest BCUT2D eigenvalue weighted by atomic mass is 16.7. The molecule has 1 saturated heterocycles. The number of hydrogen-bond acceptors (Lipinski definition) is 7. The van der Waals surface area contributed by atoms with Crippen LogP contribution in [-0.4, -0.2) is 62.0 Å². The number of allylic oxidation sites excluding steroid dienone is 9. The summed E-state index contributed by atoms with van der Waals surface area (Å²) in [4.78, 5) is 21.5. The van der Waals surface area contributed by atoms with Gasteiger partial charge in [-0.1, -0.05) is 30.4 Å². The van der Waals surface area contributed by atoms with E-state index in [1.54, 1.807) is 18.3 Å². The minimum atomic E-state index is -0.309.